The van der Waals surface area contributed by atoms with E-state index in [0.29, 0.717) is 19.6 Å². The molecule has 0 spiro atoms. The molecule has 0 bridgehead atoms. The van der Waals surface area contributed by atoms with Gasteiger partial charge in [0.25, 0.3) is 0 Å². The molecule has 0 saturated carbocycles. The van der Waals surface area contributed by atoms with Gasteiger partial charge in [-0.25, -0.2) is 8.42 Å². The van der Waals surface area contributed by atoms with Crippen molar-refractivity contribution in [2.24, 2.45) is 0 Å². The first-order chi connectivity index (χ1) is 11.8. The molecule has 0 aromatic heterocycles. The van der Waals surface area contributed by atoms with Crippen molar-refractivity contribution in [1.82, 2.24) is 9.80 Å². The fraction of sp³-hybridized carbons (Fsp3) is 0.611. The normalized spacial score (nSPS) is 23.4. The van der Waals surface area contributed by atoms with Crippen molar-refractivity contribution in [3.63, 3.8) is 0 Å². The highest BCUT2D eigenvalue weighted by atomic mass is 35.5. The van der Waals surface area contributed by atoms with E-state index in [9.17, 15) is 13.2 Å². The Bertz CT molecular complexity index is 711. The standard InChI is InChI=1S/C18H25ClN2O3S/c1-18(15-2-4-16(19)5-3-15)6-8-21(9-7-18)17(22)14-20-10-12-25(23,24)13-11-20/h2-5H,6-14H2,1H3. The van der Waals surface area contributed by atoms with E-state index >= 15 is 0 Å². The largest absolute Gasteiger partial charge is 0.342 e. The Hall–Kier alpha value is -1.11. The smallest absolute Gasteiger partial charge is 0.236 e. The number of rotatable bonds is 3. The van der Waals surface area contributed by atoms with Crippen molar-refractivity contribution >= 4 is 27.3 Å². The summed E-state index contributed by atoms with van der Waals surface area (Å²) in [5, 5.41) is 0.739. The van der Waals surface area contributed by atoms with Gasteiger partial charge in [0.05, 0.1) is 18.1 Å². The number of amides is 1. The Morgan fingerprint density at radius 1 is 1.08 bits per heavy atom. The SMILES string of the molecule is CC1(c2ccc(Cl)cc2)CCN(C(=O)CN2CCS(=O)(=O)CC2)CC1. The maximum atomic E-state index is 12.5. The van der Waals surface area contributed by atoms with Crippen LogP contribution in [0, 0.1) is 0 Å². The molecule has 3 rings (SSSR count). The van der Waals surface area contributed by atoms with Gasteiger partial charge in [-0.15, -0.1) is 0 Å². The summed E-state index contributed by atoms with van der Waals surface area (Å²) in [5.74, 6) is 0.432. The minimum Gasteiger partial charge on any atom is -0.342 e. The van der Waals surface area contributed by atoms with Crippen molar-refractivity contribution in [2.75, 3.05) is 44.2 Å². The quantitative estimate of drug-likeness (QED) is 0.799. The molecular weight excluding hydrogens is 360 g/mol. The lowest BCUT2D eigenvalue weighted by Crippen LogP contribution is -2.50. The van der Waals surface area contributed by atoms with Gasteiger partial charge in [0.1, 0.15) is 0 Å². The third-order valence-corrected chi connectivity index (χ3v) is 7.42. The second kappa shape index (κ2) is 7.25. The molecule has 0 radical (unpaired) electrons. The third-order valence-electron chi connectivity index (χ3n) is 5.56. The van der Waals surface area contributed by atoms with Crippen LogP contribution in [-0.2, 0) is 20.0 Å². The third kappa shape index (κ3) is 4.54. The van der Waals surface area contributed by atoms with E-state index in [1.165, 1.54) is 5.56 Å². The van der Waals surface area contributed by atoms with E-state index in [2.05, 4.69) is 19.1 Å². The van der Waals surface area contributed by atoms with Crippen LogP contribution >= 0.6 is 11.6 Å². The van der Waals surface area contributed by atoms with Crippen molar-refractivity contribution in [2.45, 2.75) is 25.2 Å². The van der Waals surface area contributed by atoms with E-state index in [1.54, 1.807) is 0 Å². The number of hydrogen-bond acceptors (Lipinski definition) is 4. The highest BCUT2D eigenvalue weighted by Crippen LogP contribution is 2.35. The second-order valence-corrected chi connectivity index (χ2v) is 10.1. The molecule has 1 aromatic carbocycles. The highest BCUT2D eigenvalue weighted by Gasteiger charge is 2.34. The molecule has 25 heavy (non-hydrogen) atoms. The molecule has 2 fully saturated rings. The molecule has 1 aromatic rings. The number of likely N-dealkylation sites (tertiary alicyclic amines) is 1. The molecule has 0 atom stereocenters. The summed E-state index contributed by atoms with van der Waals surface area (Å²) in [5.41, 5.74) is 1.34. The van der Waals surface area contributed by atoms with Crippen LogP contribution in [0.2, 0.25) is 5.02 Å². The summed E-state index contributed by atoms with van der Waals surface area (Å²) in [6.07, 6.45) is 1.85. The van der Waals surface area contributed by atoms with Gasteiger partial charge in [0.2, 0.25) is 5.91 Å². The molecule has 2 heterocycles. The average Bonchev–Trinajstić information content (AvgIpc) is 2.58. The Kier molecular flexibility index (Phi) is 5.42. The number of carbonyl (C=O) groups excluding carboxylic acids is 1. The zero-order chi connectivity index (χ0) is 18.1. The van der Waals surface area contributed by atoms with E-state index in [-0.39, 0.29) is 22.8 Å². The summed E-state index contributed by atoms with van der Waals surface area (Å²) < 4.78 is 23.0. The summed E-state index contributed by atoms with van der Waals surface area (Å²) in [6.45, 7) is 4.98. The number of sulfone groups is 1. The van der Waals surface area contributed by atoms with Crippen molar-refractivity contribution in [3.8, 4) is 0 Å². The van der Waals surface area contributed by atoms with Gasteiger partial charge in [-0.2, -0.15) is 0 Å². The van der Waals surface area contributed by atoms with Gasteiger partial charge in [-0.3, -0.25) is 9.69 Å². The van der Waals surface area contributed by atoms with Gasteiger partial charge in [-0.1, -0.05) is 30.7 Å². The van der Waals surface area contributed by atoms with Gasteiger partial charge < -0.3 is 4.90 Å². The minimum atomic E-state index is -2.90. The molecule has 0 N–H and O–H groups in total. The predicted molar refractivity (Wildman–Crippen MR) is 99.7 cm³/mol. The first-order valence-electron chi connectivity index (χ1n) is 8.74. The average molecular weight is 385 g/mol. The number of halogens is 1. The summed E-state index contributed by atoms with van der Waals surface area (Å²) >= 11 is 5.98. The molecule has 5 nitrogen and oxygen atoms in total. The van der Waals surface area contributed by atoms with Crippen LogP contribution < -0.4 is 0 Å². The maximum Gasteiger partial charge on any atom is 0.236 e. The molecule has 138 valence electrons. The van der Waals surface area contributed by atoms with E-state index in [1.807, 2.05) is 21.9 Å². The highest BCUT2D eigenvalue weighted by molar-refractivity contribution is 7.91. The first-order valence-corrected chi connectivity index (χ1v) is 10.9. The van der Waals surface area contributed by atoms with Crippen LogP contribution in [0.4, 0.5) is 0 Å². The van der Waals surface area contributed by atoms with Crippen molar-refractivity contribution in [3.05, 3.63) is 34.9 Å². The topological polar surface area (TPSA) is 57.7 Å². The molecule has 2 saturated heterocycles. The lowest BCUT2D eigenvalue weighted by molar-refractivity contribution is -0.133. The maximum absolute atomic E-state index is 12.5. The van der Waals surface area contributed by atoms with E-state index < -0.39 is 9.84 Å². The fourth-order valence-corrected chi connectivity index (χ4v) is 4.99. The molecule has 2 aliphatic rings. The Morgan fingerprint density at radius 2 is 1.64 bits per heavy atom. The van der Waals surface area contributed by atoms with Gasteiger partial charge in [0, 0.05) is 31.2 Å². The van der Waals surface area contributed by atoms with Crippen LogP contribution in [0.5, 0.6) is 0 Å². The summed E-state index contributed by atoms with van der Waals surface area (Å²) in [7, 11) is -2.90. The molecule has 2 aliphatic heterocycles. The zero-order valence-corrected chi connectivity index (χ0v) is 16.2. The van der Waals surface area contributed by atoms with Gasteiger partial charge in [-0.05, 0) is 36.0 Å². The monoisotopic (exact) mass is 384 g/mol. The number of benzene rings is 1. The Balaban J connectivity index is 1.53. The first kappa shape index (κ1) is 18.7. The summed E-state index contributed by atoms with van der Waals surface area (Å²) in [6, 6.07) is 8.00. The van der Waals surface area contributed by atoms with Crippen LogP contribution in [0.3, 0.4) is 0 Å². The Morgan fingerprint density at radius 3 is 2.20 bits per heavy atom. The van der Waals surface area contributed by atoms with E-state index in [4.69, 9.17) is 11.6 Å². The number of piperidine rings is 1. The number of nitrogens with zero attached hydrogens (tertiary/aromatic N) is 2. The predicted octanol–water partition coefficient (Wildman–Crippen LogP) is 1.95. The Labute approximate surface area is 154 Å². The van der Waals surface area contributed by atoms with Crippen LogP contribution in [0.15, 0.2) is 24.3 Å². The number of hydrogen-bond donors (Lipinski definition) is 0. The lowest BCUT2D eigenvalue weighted by Gasteiger charge is -2.40. The van der Waals surface area contributed by atoms with Crippen molar-refractivity contribution < 1.29 is 13.2 Å². The van der Waals surface area contributed by atoms with Gasteiger partial charge >= 0.3 is 0 Å². The van der Waals surface area contributed by atoms with Gasteiger partial charge in [0.15, 0.2) is 9.84 Å². The zero-order valence-electron chi connectivity index (χ0n) is 14.6. The van der Waals surface area contributed by atoms with Crippen LogP contribution in [0.1, 0.15) is 25.3 Å². The molecule has 1 amide bonds. The molecule has 0 aliphatic carbocycles. The van der Waals surface area contributed by atoms with Crippen molar-refractivity contribution in [1.29, 1.82) is 0 Å². The minimum absolute atomic E-state index is 0.0700. The van der Waals surface area contributed by atoms with Crippen LogP contribution in [-0.4, -0.2) is 68.4 Å². The molecular formula is C18H25ClN2O3S. The summed E-state index contributed by atoms with van der Waals surface area (Å²) in [4.78, 5) is 16.4. The number of carbonyl (C=O) groups is 1. The van der Waals surface area contributed by atoms with E-state index in [0.717, 1.165) is 31.0 Å². The lowest BCUT2D eigenvalue weighted by atomic mass is 9.74. The molecule has 7 heteroatoms. The second-order valence-electron chi connectivity index (χ2n) is 7.38. The van der Waals surface area contributed by atoms with Crippen LogP contribution in [0.25, 0.3) is 0 Å². The molecule has 0 unspecified atom stereocenters. The fourth-order valence-electron chi connectivity index (χ4n) is 3.59.